The molecule has 0 spiro atoms. The second-order valence-corrected chi connectivity index (χ2v) is 6.02. The molecule has 2 heterocycles. The average Bonchev–Trinajstić information content (AvgIpc) is 2.92. The quantitative estimate of drug-likeness (QED) is 0.944. The fraction of sp³-hybridized carbons (Fsp3) is 0.444. The summed E-state index contributed by atoms with van der Waals surface area (Å²) in [6.07, 6.45) is 1.23. The van der Waals surface area contributed by atoms with E-state index in [0.717, 1.165) is 28.9 Å². The summed E-state index contributed by atoms with van der Waals surface area (Å²) >= 11 is 0. The fourth-order valence-corrected chi connectivity index (χ4v) is 3.08. The second kappa shape index (κ2) is 6.96. The van der Waals surface area contributed by atoms with Crippen molar-refractivity contribution in [3.63, 3.8) is 0 Å². The topological polar surface area (TPSA) is 58.2 Å². The van der Waals surface area contributed by atoms with E-state index in [0.29, 0.717) is 26.1 Å². The van der Waals surface area contributed by atoms with Gasteiger partial charge in [-0.1, -0.05) is 30.3 Å². The maximum absolute atomic E-state index is 12.5. The number of aromatic nitrogens is 2. The molecule has 23 heavy (non-hydrogen) atoms. The number of nitrogens with one attached hydrogen (secondary N) is 1. The predicted octanol–water partition coefficient (Wildman–Crippen LogP) is 2.56. The van der Waals surface area contributed by atoms with Gasteiger partial charge in [-0.05, 0) is 31.4 Å². The summed E-state index contributed by atoms with van der Waals surface area (Å²) in [5, 5.41) is 7.16. The molecule has 5 nitrogen and oxygen atoms in total. The molecule has 0 aliphatic carbocycles. The van der Waals surface area contributed by atoms with Crippen LogP contribution in [0.3, 0.4) is 0 Å². The minimum atomic E-state index is -0.0219. The summed E-state index contributed by atoms with van der Waals surface area (Å²) < 4.78 is 5.82. The summed E-state index contributed by atoms with van der Waals surface area (Å²) in [5.41, 5.74) is 4.33. The molecule has 1 N–H and O–H groups in total. The minimum Gasteiger partial charge on any atom is -0.370 e. The lowest BCUT2D eigenvalue weighted by Crippen LogP contribution is -2.42. The molecule has 3 rings (SSSR count). The molecule has 0 bridgehead atoms. The zero-order valence-corrected chi connectivity index (χ0v) is 13.7. The number of hydrogen-bond acceptors (Lipinski definition) is 3. The van der Waals surface area contributed by atoms with Crippen LogP contribution >= 0.6 is 0 Å². The van der Waals surface area contributed by atoms with Gasteiger partial charge in [0.15, 0.2) is 0 Å². The highest BCUT2D eigenvalue weighted by Gasteiger charge is 2.25. The minimum absolute atomic E-state index is 0.0219. The highest BCUT2D eigenvalue weighted by Crippen LogP contribution is 2.22. The summed E-state index contributed by atoms with van der Waals surface area (Å²) in [6.45, 7) is 5.87. The Balaban J connectivity index is 1.59. The molecule has 1 aliphatic heterocycles. The zero-order valence-electron chi connectivity index (χ0n) is 13.7. The number of carbonyl (C=O) groups excluding carboxylic acids is 1. The Labute approximate surface area is 136 Å². The van der Waals surface area contributed by atoms with E-state index in [9.17, 15) is 4.79 Å². The molecule has 0 saturated carbocycles. The Morgan fingerprint density at radius 1 is 1.35 bits per heavy atom. The highest BCUT2D eigenvalue weighted by molar-refractivity contribution is 5.76. The molecule has 1 aliphatic rings. The van der Waals surface area contributed by atoms with E-state index in [2.05, 4.69) is 22.3 Å². The summed E-state index contributed by atoms with van der Waals surface area (Å²) in [6, 6.07) is 10.1. The van der Waals surface area contributed by atoms with Gasteiger partial charge < -0.3 is 9.64 Å². The Morgan fingerprint density at radius 3 is 2.83 bits per heavy atom. The molecular weight excluding hydrogens is 290 g/mol. The maximum Gasteiger partial charge on any atom is 0.223 e. The van der Waals surface area contributed by atoms with Crippen LogP contribution < -0.4 is 0 Å². The molecule has 5 heteroatoms. The molecule has 2 aromatic rings. The number of benzene rings is 1. The molecule has 1 aromatic carbocycles. The molecule has 1 saturated heterocycles. The molecule has 1 atom stereocenters. The smallest absolute Gasteiger partial charge is 0.223 e. The van der Waals surface area contributed by atoms with Crippen molar-refractivity contribution in [1.29, 1.82) is 0 Å². The van der Waals surface area contributed by atoms with Crippen molar-refractivity contribution >= 4 is 5.91 Å². The van der Waals surface area contributed by atoms with Crippen molar-refractivity contribution in [3.05, 3.63) is 52.8 Å². The van der Waals surface area contributed by atoms with Crippen molar-refractivity contribution < 1.29 is 9.53 Å². The van der Waals surface area contributed by atoms with Crippen LogP contribution in [0.1, 0.15) is 35.0 Å². The normalized spacial score (nSPS) is 18.2. The number of rotatable bonds is 4. The third kappa shape index (κ3) is 3.62. The van der Waals surface area contributed by atoms with Gasteiger partial charge in [-0.25, -0.2) is 0 Å². The third-order valence-corrected chi connectivity index (χ3v) is 4.46. The SMILES string of the molecule is Cc1n[nH]c(C)c1CCC(=O)N1CCOC(c2ccccc2)C1. The van der Waals surface area contributed by atoms with E-state index in [4.69, 9.17) is 4.74 Å². The van der Waals surface area contributed by atoms with E-state index < -0.39 is 0 Å². The Morgan fingerprint density at radius 2 is 2.13 bits per heavy atom. The third-order valence-electron chi connectivity index (χ3n) is 4.46. The number of nitrogens with zero attached hydrogens (tertiary/aromatic N) is 2. The molecule has 1 fully saturated rings. The van der Waals surface area contributed by atoms with Gasteiger partial charge in [0.2, 0.25) is 5.91 Å². The number of hydrogen-bond donors (Lipinski definition) is 1. The van der Waals surface area contributed by atoms with Crippen molar-refractivity contribution in [2.75, 3.05) is 19.7 Å². The standard InChI is InChI=1S/C18H23N3O2/c1-13-16(14(2)20-19-13)8-9-18(22)21-10-11-23-17(12-21)15-6-4-3-5-7-15/h3-7,17H,8-12H2,1-2H3,(H,19,20). The van der Waals surface area contributed by atoms with E-state index >= 15 is 0 Å². The first kappa shape index (κ1) is 15.7. The molecule has 1 amide bonds. The lowest BCUT2D eigenvalue weighted by Gasteiger charge is -2.33. The van der Waals surface area contributed by atoms with Crippen LogP contribution in [0.5, 0.6) is 0 Å². The van der Waals surface area contributed by atoms with Crippen LogP contribution in [0.2, 0.25) is 0 Å². The van der Waals surface area contributed by atoms with Gasteiger partial charge in [-0.2, -0.15) is 5.10 Å². The first-order valence-electron chi connectivity index (χ1n) is 8.10. The molecule has 1 aromatic heterocycles. The van der Waals surface area contributed by atoms with Crippen LogP contribution in [-0.2, 0) is 16.0 Å². The largest absolute Gasteiger partial charge is 0.370 e. The van der Waals surface area contributed by atoms with Crippen molar-refractivity contribution in [2.45, 2.75) is 32.8 Å². The number of aryl methyl sites for hydroxylation is 2. The van der Waals surface area contributed by atoms with Crippen LogP contribution in [0.25, 0.3) is 0 Å². The van der Waals surface area contributed by atoms with E-state index in [1.807, 2.05) is 36.9 Å². The molecular formula is C18H23N3O2. The number of aromatic amines is 1. The predicted molar refractivity (Wildman–Crippen MR) is 88.1 cm³/mol. The van der Waals surface area contributed by atoms with Gasteiger partial charge in [0.1, 0.15) is 6.10 Å². The number of amides is 1. The first-order chi connectivity index (χ1) is 11.1. The summed E-state index contributed by atoms with van der Waals surface area (Å²) in [7, 11) is 0. The van der Waals surface area contributed by atoms with Crippen LogP contribution in [0, 0.1) is 13.8 Å². The van der Waals surface area contributed by atoms with Crippen LogP contribution in [0.4, 0.5) is 0 Å². The number of carbonyl (C=O) groups is 1. The first-order valence-corrected chi connectivity index (χ1v) is 8.10. The van der Waals surface area contributed by atoms with Gasteiger partial charge in [-0.15, -0.1) is 0 Å². The molecule has 1 unspecified atom stereocenters. The second-order valence-electron chi connectivity index (χ2n) is 6.02. The fourth-order valence-electron chi connectivity index (χ4n) is 3.08. The van der Waals surface area contributed by atoms with Gasteiger partial charge in [0.25, 0.3) is 0 Å². The van der Waals surface area contributed by atoms with Crippen molar-refractivity contribution in [2.24, 2.45) is 0 Å². The molecule has 0 radical (unpaired) electrons. The highest BCUT2D eigenvalue weighted by atomic mass is 16.5. The van der Waals surface area contributed by atoms with Gasteiger partial charge in [0.05, 0.1) is 18.8 Å². The molecule has 122 valence electrons. The summed E-state index contributed by atoms with van der Waals surface area (Å²) in [4.78, 5) is 14.5. The summed E-state index contributed by atoms with van der Waals surface area (Å²) in [5.74, 6) is 0.189. The maximum atomic E-state index is 12.5. The average molecular weight is 313 g/mol. The Hall–Kier alpha value is -2.14. The lowest BCUT2D eigenvalue weighted by molar-refractivity contribution is -0.139. The van der Waals surface area contributed by atoms with E-state index in [1.165, 1.54) is 0 Å². The van der Waals surface area contributed by atoms with E-state index in [1.54, 1.807) is 0 Å². The zero-order chi connectivity index (χ0) is 16.2. The van der Waals surface area contributed by atoms with E-state index in [-0.39, 0.29) is 12.0 Å². The Kier molecular flexibility index (Phi) is 4.76. The van der Waals surface area contributed by atoms with Gasteiger partial charge >= 0.3 is 0 Å². The Bertz CT molecular complexity index is 647. The van der Waals surface area contributed by atoms with Crippen LogP contribution in [-0.4, -0.2) is 40.7 Å². The number of morpholine rings is 1. The number of H-pyrrole nitrogens is 1. The lowest BCUT2D eigenvalue weighted by atomic mass is 10.1. The van der Waals surface area contributed by atoms with Gasteiger partial charge in [0, 0.05) is 18.7 Å². The monoisotopic (exact) mass is 313 g/mol. The van der Waals surface area contributed by atoms with Gasteiger partial charge in [-0.3, -0.25) is 9.89 Å². The number of ether oxygens (including phenoxy) is 1. The van der Waals surface area contributed by atoms with Crippen LogP contribution in [0.15, 0.2) is 30.3 Å². The van der Waals surface area contributed by atoms with Crippen molar-refractivity contribution in [1.82, 2.24) is 15.1 Å². The van der Waals surface area contributed by atoms with Crippen molar-refractivity contribution in [3.8, 4) is 0 Å².